The molecule has 9 nitrogen and oxygen atoms in total. The summed E-state index contributed by atoms with van der Waals surface area (Å²) < 4.78 is 1.57. The van der Waals surface area contributed by atoms with E-state index in [0.717, 1.165) is 36.9 Å². The minimum atomic E-state index is -0.670. The number of nitrogens with one attached hydrogen (secondary N) is 2. The Morgan fingerprint density at radius 3 is 2.51 bits per heavy atom. The molecule has 4 N–H and O–H groups in total. The van der Waals surface area contributed by atoms with Gasteiger partial charge in [0.15, 0.2) is 11.5 Å². The Morgan fingerprint density at radius 1 is 1.11 bits per heavy atom. The van der Waals surface area contributed by atoms with Gasteiger partial charge in [-0.1, -0.05) is 43.5 Å². The van der Waals surface area contributed by atoms with E-state index in [4.69, 9.17) is 5.73 Å². The van der Waals surface area contributed by atoms with E-state index in [-0.39, 0.29) is 23.3 Å². The van der Waals surface area contributed by atoms with Crippen LogP contribution in [0.1, 0.15) is 72.7 Å². The number of hydrogen-bond acceptors (Lipinski definition) is 5. The summed E-state index contributed by atoms with van der Waals surface area (Å²) in [7, 11) is 0. The number of aryl methyl sites for hydroxylation is 1. The number of aromatic nitrogens is 4. The van der Waals surface area contributed by atoms with Gasteiger partial charge in [0.05, 0.1) is 11.4 Å². The lowest BCUT2D eigenvalue weighted by atomic mass is 9.74. The molecule has 0 radical (unpaired) electrons. The van der Waals surface area contributed by atoms with Gasteiger partial charge < -0.3 is 11.1 Å². The predicted octanol–water partition coefficient (Wildman–Crippen LogP) is 4.19. The maximum atomic E-state index is 13.0. The van der Waals surface area contributed by atoms with E-state index >= 15 is 0 Å². The van der Waals surface area contributed by atoms with E-state index < -0.39 is 5.91 Å². The molecule has 3 aromatic rings. The molecule has 1 saturated carbocycles. The molecule has 0 aliphatic heterocycles. The van der Waals surface area contributed by atoms with Gasteiger partial charge in [-0.15, -0.1) is 0 Å². The number of carbonyl (C=O) groups excluding carboxylic acids is 3. The van der Waals surface area contributed by atoms with Gasteiger partial charge in [-0.2, -0.15) is 10.2 Å². The van der Waals surface area contributed by atoms with Gasteiger partial charge in [0, 0.05) is 37.3 Å². The second-order valence-electron chi connectivity index (χ2n) is 9.18. The van der Waals surface area contributed by atoms with Gasteiger partial charge in [0.2, 0.25) is 5.91 Å². The molecule has 0 saturated heterocycles. The van der Waals surface area contributed by atoms with E-state index in [0.29, 0.717) is 43.0 Å². The lowest BCUT2D eigenvalue weighted by molar-refractivity contribution is -0.116. The fourth-order valence-electron chi connectivity index (χ4n) is 4.93. The highest BCUT2D eigenvalue weighted by Crippen LogP contribution is 2.36. The Balaban J connectivity index is 1.33. The molecule has 1 fully saturated rings. The number of ketones is 1. The van der Waals surface area contributed by atoms with Crippen molar-refractivity contribution in [2.45, 2.75) is 58.4 Å². The normalized spacial score (nSPS) is 17.7. The zero-order valence-corrected chi connectivity index (χ0v) is 20.0. The molecular weight excluding hydrogens is 444 g/mol. The van der Waals surface area contributed by atoms with Gasteiger partial charge >= 0.3 is 0 Å². The molecule has 2 atom stereocenters. The van der Waals surface area contributed by atoms with Crippen molar-refractivity contribution in [2.24, 2.45) is 17.6 Å². The molecule has 0 bridgehead atoms. The molecule has 1 aliphatic rings. The number of aromatic amines is 1. The van der Waals surface area contributed by atoms with Crippen molar-refractivity contribution in [3.05, 3.63) is 54.0 Å². The fraction of sp³-hybridized carbons (Fsp3) is 0.423. The molecule has 2 aromatic heterocycles. The molecular formula is C26H32N6O3. The van der Waals surface area contributed by atoms with Crippen LogP contribution in [0.4, 0.5) is 5.69 Å². The highest BCUT2D eigenvalue weighted by Gasteiger charge is 2.28. The number of nitrogens with two attached hydrogens (primary N) is 1. The topological polar surface area (TPSA) is 136 Å². The summed E-state index contributed by atoms with van der Waals surface area (Å²) in [5, 5.41) is 13.8. The molecule has 2 unspecified atom stereocenters. The summed E-state index contributed by atoms with van der Waals surface area (Å²) in [5.74, 6) is -0.123. The maximum absolute atomic E-state index is 13.0. The Bertz CT molecular complexity index is 1170. The monoisotopic (exact) mass is 476 g/mol. The second kappa shape index (κ2) is 11.1. The summed E-state index contributed by atoms with van der Waals surface area (Å²) in [5.41, 5.74) is 8.42. The number of primary amides is 1. The number of Topliss-reactive ketones (excluding diaryl/α,β-unsaturated/α-hetero) is 1. The lowest BCUT2D eigenvalue weighted by Gasteiger charge is -2.31. The standard InChI is InChI=1S/C26H32N6O3/c1-2-32-16-22(25(31-32)26(27)35)29-24(34)12-11-17-5-3-4-6-20(17)15-23(33)19-9-7-18(8-10-19)21-13-14-28-30-21/h7-10,13-14,16-17,20H,2-6,11-12,15H2,1H3,(H2,27,35)(H,28,30)(H,29,34). The maximum Gasteiger partial charge on any atom is 0.271 e. The van der Waals surface area contributed by atoms with E-state index in [9.17, 15) is 14.4 Å². The van der Waals surface area contributed by atoms with Crippen LogP contribution in [0.5, 0.6) is 0 Å². The number of amides is 2. The van der Waals surface area contributed by atoms with Crippen LogP contribution < -0.4 is 11.1 Å². The molecule has 0 spiro atoms. The smallest absolute Gasteiger partial charge is 0.271 e. The molecule has 184 valence electrons. The number of carbonyl (C=O) groups is 3. The van der Waals surface area contributed by atoms with Crippen LogP contribution >= 0.6 is 0 Å². The zero-order valence-electron chi connectivity index (χ0n) is 20.0. The van der Waals surface area contributed by atoms with Gasteiger partial charge in [0.1, 0.15) is 0 Å². The highest BCUT2D eigenvalue weighted by molar-refractivity contribution is 6.01. The third-order valence-corrected chi connectivity index (χ3v) is 6.87. The minimum absolute atomic E-state index is 0.0693. The van der Waals surface area contributed by atoms with E-state index in [2.05, 4.69) is 20.6 Å². The number of H-pyrrole nitrogens is 1. The van der Waals surface area contributed by atoms with Gasteiger partial charge in [-0.3, -0.25) is 24.2 Å². The summed E-state index contributed by atoms with van der Waals surface area (Å²) in [6, 6.07) is 9.51. The number of anilines is 1. The molecule has 35 heavy (non-hydrogen) atoms. The first-order valence-corrected chi connectivity index (χ1v) is 12.2. The van der Waals surface area contributed by atoms with Gasteiger partial charge in [-0.25, -0.2) is 0 Å². The van der Waals surface area contributed by atoms with Crippen LogP contribution in [0.3, 0.4) is 0 Å². The second-order valence-corrected chi connectivity index (χ2v) is 9.18. The fourth-order valence-corrected chi connectivity index (χ4v) is 4.93. The Kier molecular flexibility index (Phi) is 7.74. The van der Waals surface area contributed by atoms with Crippen molar-refractivity contribution in [3.63, 3.8) is 0 Å². The molecule has 4 rings (SSSR count). The first-order chi connectivity index (χ1) is 16.9. The van der Waals surface area contributed by atoms with Crippen LogP contribution in [0.15, 0.2) is 42.7 Å². The van der Waals surface area contributed by atoms with Crippen LogP contribution in [0.25, 0.3) is 11.3 Å². The Labute approximate surface area is 204 Å². The molecule has 9 heteroatoms. The largest absolute Gasteiger partial charge is 0.364 e. The van der Waals surface area contributed by atoms with Crippen molar-refractivity contribution in [1.29, 1.82) is 0 Å². The van der Waals surface area contributed by atoms with Crippen LogP contribution in [0, 0.1) is 11.8 Å². The molecule has 1 aliphatic carbocycles. The average molecular weight is 477 g/mol. The molecule has 2 amide bonds. The molecule has 2 heterocycles. The van der Waals surface area contributed by atoms with Crippen LogP contribution in [0.2, 0.25) is 0 Å². The van der Waals surface area contributed by atoms with Crippen molar-refractivity contribution in [2.75, 3.05) is 5.32 Å². The summed E-state index contributed by atoms with van der Waals surface area (Å²) in [4.78, 5) is 37.3. The Hall–Kier alpha value is -3.75. The first kappa shape index (κ1) is 24.4. The van der Waals surface area contributed by atoms with E-state index in [1.54, 1.807) is 17.1 Å². The van der Waals surface area contributed by atoms with Gasteiger partial charge in [0.25, 0.3) is 5.91 Å². The summed E-state index contributed by atoms with van der Waals surface area (Å²) in [6.07, 6.45) is 9.08. The lowest BCUT2D eigenvalue weighted by Crippen LogP contribution is -2.24. The Morgan fingerprint density at radius 2 is 1.86 bits per heavy atom. The third kappa shape index (κ3) is 6.03. The molecule has 1 aromatic carbocycles. The summed E-state index contributed by atoms with van der Waals surface area (Å²) in [6.45, 7) is 2.46. The average Bonchev–Trinajstić information content (AvgIpc) is 3.54. The number of hydrogen-bond donors (Lipinski definition) is 3. The number of rotatable bonds is 10. The van der Waals surface area contributed by atoms with Crippen molar-refractivity contribution >= 4 is 23.3 Å². The van der Waals surface area contributed by atoms with Crippen LogP contribution in [-0.4, -0.2) is 37.6 Å². The quantitative estimate of drug-likeness (QED) is 0.377. The summed E-state index contributed by atoms with van der Waals surface area (Å²) >= 11 is 0. The van der Waals surface area contributed by atoms with Crippen molar-refractivity contribution in [3.8, 4) is 11.3 Å². The zero-order chi connectivity index (χ0) is 24.8. The number of benzene rings is 1. The predicted molar refractivity (Wildman–Crippen MR) is 133 cm³/mol. The first-order valence-electron chi connectivity index (χ1n) is 12.2. The SMILES string of the molecule is CCn1cc(NC(=O)CCC2CCCCC2CC(=O)c2ccc(-c3ccn[nH]3)cc2)c(C(N)=O)n1. The van der Waals surface area contributed by atoms with E-state index in [1.165, 1.54) is 0 Å². The van der Waals surface area contributed by atoms with Gasteiger partial charge in [-0.05, 0) is 43.2 Å². The van der Waals surface area contributed by atoms with Crippen molar-refractivity contribution in [1.82, 2.24) is 20.0 Å². The van der Waals surface area contributed by atoms with E-state index in [1.807, 2.05) is 37.3 Å². The van der Waals surface area contributed by atoms with Crippen LogP contribution in [-0.2, 0) is 11.3 Å². The highest BCUT2D eigenvalue weighted by atomic mass is 16.2. The minimum Gasteiger partial charge on any atom is -0.364 e. The number of nitrogens with zero attached hydrogens (tertiary/aromatic N) is 3. The van der Waals surface area contributed by atoms with Crippen molar-refractivity contribution < 1.29 is 14.4 Å². The third-order valence-electron chi connectivity index (χ3n) is 6.87.